The molecule has 1 saturated carbocycles. The fourth-order valence-corrected chi connectivity index (χ4v) is 3.91. The minimum Gasteiger partial charge on any atom is -0.370 e. The van der Waals surface area contributed by atoms with E-state index in [-0.39, 0.29) is 5.60 Å². The first-order valence-electron chi connectivity index (χ1n) is 6.88. The standard InChI is InChI=1S/C15H24O/c1-11-5-4-6-12-7-8-13(9-14(11,12)2)15(3)10-16-15/h6,11,13H,4-5,7-10H2,1-3H3/t11-,13?,14+,15?/m1/s1. The van der Waals surface area contributed by atoms with Gasteiger partial charge in [0.1, 0.15) is 0 Å². The van der Waals surface area contributed by atoms with Crippen LogP contribution in [0.1, 0.15) is 52.9 Å². The Labute approximate surface area is 99.3 Å². The second-order valence-corrected chi connectivity index (χ2v) is 6.67. The molecule has 3 aliphatic rings. The van der Waals surface area contributed by atoms with E-state index in [1.807, 2.05) is 0 Å². The normalized spacial score (nSPS) is 51.8. The Bertz CT molecular complexity index is 326. The summed E-state index contributed by atoms with van der Waals surface area (Å²) in [5, 5.41) is 0. The van der Waals surface area contributed by atoms with Crippen LogP contribution in [0.5, 0.6) is 0 Å². The molecule has 0 N–H and O–H groups in total. The van der Waals surface area contributed by atoms with E-state index in [1.54, 1.807) is 5.57 Å². The van der Waals surface area contributed by atoms with Gasteiger partial charge in [0.15, 0.2) is 0 Å². The lowest BCUT2D eigenvalue weighted by molar-refractivity contribution is 0.0930. The summed E-state index contributed by atoms with van der Waals surface area (Å²) in [6.45, 7) is 8.26. The monoisotopic (exact) mass is 220 g/mol. The first-order valence-corrected chi connectivity index (χ1v) is 6.88. The number of allylic oxidation sites excluding steroid dienone is 2. The van der Waals surface area contributed by atoms with E-state index >= 15 is 0 Å². The van der Waals surface area contributed by atoms with Crippen molar-refractivity contribution in [1.29, 1.82) is 0 Å². The predicted octanol–water partition coefficient (Wildman–Crippen LogP) is 3.94. The number of rotatable bonds is 1. The number of epoxide rings is 1. The molecule has 0 spiro atoms. The summed E-state index contributed by atoms with van der Waals surface area (Å²) >= 11 is 0. The van der Waals surface area contributed by atoms with Crippen molar-refractivity contribution in [3.63, 3.8) is 0 Å². The second kappa shape index (κ2) is 3.35. The van der Waals surface area contributed by atoms with Crippen LogP contribution in [0, 0.1) is 17.3 Å². The van der Waals surface area contributed by atoms with Gasteiger partial charge in [0, 0.05) is 0 Å². The molecule has 3 rings (SSSR count). The van der Waals surface area contributed by atoms with Gasteiger partial charge >= 0.3 is 0 Å². The van der Waals surface area contributed by atoms with Gasteiger partial charge in [-0.05, 0) is 56.3 Å². The van der Waals surface area contributed by atoms with Gasteiger partial charge in [-0.2, -0.15) is 0 Å². The number of hydrogen-bond acceptors (Lipinski definition) is 1. The molecule has 0 aromatic heterocycles. The molecule has 4 atom stereocenters. The summed E-state index contributed by atoms with van der Waals surface area (Å²) in [4.78, 5) is 0. The molecule has 1 heterocycles. The highest BCUT2D eigenvalue weighted by Crippen LogP contribution is 2.56. The summed E-state index contributed by atoms with van der Waals surface area (Å²) in [7, 11) is 0. The summed E-state index contributed by atoms with van der Waals surface area (Å²) in [5.41, 5.74) is 2.48. The van der Waals surface area contributed by atoms with Crippen LogP contribution in [-0.2, 0) is 4.74 Å². The lowest BCUT2D eigenvalue weighted by atomic mass is 9.57. The Morgan fingerprint density at radius 2 is 2.06 bits per heavy atom. The highest BCUT2D eigenvalue weighted by Gasteiger charge is 2.52. The summed E-state index contributed by atoms with van der Waals surface area (Å²) in [6.07, 6.45) is 9.26. The molecule has 0 radical (unpaired) electrons. The van der Waals surface area contributed by atoms with Gasteiger partial charge in [-0.3, -0.25) is 0 Å². The molecular formula is C15H24O. The molecule has 0 bridgehead atoms. The minimum absolute atomic E-state index is 0.242. The van der Waals surface area contributed by atoms with Gasteiger partial charge in [0.25, 0.3) is 0 Å². The lowest BCUT2D eigenvalue weighted by Gasteiger charge is -2.48. The Morgan fingerprint density at radius 3 is 2.75 bits per heavy atom. The molecule has 16 heavy (non-hydrogen) atoms. The zero-order valence-electron chi connectivity index (χ0n) is 10.9. The highest BCUT2D eigenvalue weighted by molar-refractivity contribution is 5.22. The van der Waals surface area contributed by atoms with Crippen LogP contribution < -0.4 is 0 Å². The maximum absolute atomic E-state index is 5.68. The zero-order valence-corrected chi connectivity index (χ0v) is 10.9. The summed E-state index contributed by atoms with van der Waals surface area (Å²) < 4.78 is 5.68. The molecule has 90 valence electrons. The van der Waals surface area contributed by atoms with Crippen molar-refractivity contribution in [2.75, 3.05) is 6.61 Å². The molecule has 1 heteroatoms. The maximum atomic E-state index is 5.68. The third-order valence-electron chi connectivity index (χ3n) is 5.71. The second-order valence-electron chi connectivity index (χ2n) is 6.67. The maximum Gasteiger partial charge on any atom is 0.0917 e. The minimum atomic E-state index is 0.242. The van der Waals surface area contributed by atoms with Gasteiger partial charge < -0.3 is 4.74 Å². The fraction of sp³-hybridized carbons (Fsp3) is 0.867. The van der Waals surface area contributed by atoms with Gasteiger partial charge in [0.05, 0.1) is 12.2 Å². The highest BCUT2D eigenvalue weighted by atomic mass is 16.6. The first-order chi connectivity index (χ1) is 7.55. The number of fused-ring (bicyclic) bond motifs is 1. The third kappa shape index (κ3) is 1.48. The zero-order chi connectivity index (χ0) is 11.4. The average Bonchev–Trinajstić information content (AvgIpc) is 2.99. The van der Waals surface area contributed by atoms with Crippen LogP contribution >= 0.6 is 0 Å². The lowest BCUT2D eigenvalue weighted by Crippen LogP contribution is -2.40. The number of hydrogen-bond donors (Lipinski definition) is 0. The third-order valence-corrected chi connectivity index (χ3v) is 5.71. The van der Waals surface area contributed by atoms with Crippen molar-refractivity contribution in [1.82, 2.24) is 0 Å². The predicted molar refractivity (Wildman–Crippen MR) is 66.3 cm³/mol. The molecule has 2 aliphatic carbocycles. The topological polar surface area (TPSA) is 12.5 Å². The molecule has 1 saturated heterocycles. The largest absolute Gasteiger partial charge is 0.370 e. The van der Waals surface area contributed by atoms with Crippen LogP contribution in [0.4, 0.5) is 0 Å². The van der Waals surface area contributed by atoms with E-state index in [4.69, 9.17) is 4.74 Å². The van der Waals surface area contributed by atoms with Gasteiger partial charge in [-0.25, -0.2) is 0 Å². The molecule has 2 fully saturated rings. The average molecular weight is 220 g/mol. The fourth-order valence-electron chi connectivity index (χ4n) is 3.91. The SMILES string of the molecule is C[C@@H]1CCC=C2CCC(C3(C)CO3)C[C@]21C. The van der Waals surface area contributed by atoms with Gasteiger partial charge in [-0.1, -0.05) is 25.5 Å². The molecule has 0 aromatic carbocycles. The van der Waals surface area contributed by atoms with E-state index in [9.17, 15) is 0 Å². The van der Waals surface area contributed by atoms with Gasteiger partial charge in [0.2, 0.25) is 0 Å². The Morgan fingerprint density at radius 1 is 1.31 bits per heavy atom. The van der Waals surface area contributed by atoms with Gasteiger partial charge in [-0.15, -0.1) is 0 Å². The van der Waals surface area contributed by atoms with E-state index in [0.717, 1.165) is 18.4 Å². The van der Waals surface area contributed by atoms with Crippen molar-refractivity contribution in [3.05, 3.63) is 11.6 Å². The molecule has 1 aliphatic heterocycles. The van der Waals surface area contributed by atoms with E-state index in [1.165, 1.54) is 32.1 Å². The van der Waals surface area contributed by atoms with E-state index in [2.05, 4.69) is 26.8 Å². The Balaban J connectivity index is 1.85. The van der Waals surface area contributed by atoms with E-state index in [0.29, 0.717) is 5.41 Å². The molecule has 2 unspecified atom stereocenters. The van der Waals surface area contributed by atoms with Crippen LogP contribution in [-0.4, -0.2) is 12.2 Å². The first kappa shape index (κ1) is 10.8. The van der Waals surface area contributed by atoms with Crippen LogP contribution in [0.3, 0.4) is 0 Å². The molecule has 0 amide bonds. The van der Waals surface area contributed by atoms with Crippen LogP contribution in [0.15, 0.2) is 11.6 Å². The quantitative estimate of drug-likeness (QED) is 0.481. The van der Waals surface area contributed by atoms with Crippen molar-refractivity contribution >= 4 is 0 Å². The van der Waals surface area contributed by atoms with Crippen LogP contribution in [0.25, 0.3) is 0 Å². The van der Waals surface area contributed by atoms with Crippen molar-refractivity contribution < 1.29 is 4.74 Å². The molecular weight excluding hydrogens is 196 g/mol. The summed E-state index contributed by atoms with van der Waals surface area (Å²) in [6, 6.07) is 0. The van der Waals surface area contributed by atoms with E-state index < -0.39 is 0 Å². The Hall–Kier alpha value is -0.300. The summed E-state index contributed by atoms with van der Waals surface area (Å²) in [5.74, 6) is 1.66. The van der Waals surface area contributed by atoms with Crippen molar-refractivity contribution in [2.45, 2.75) is 58.5 Å². The molecule has 0 aromatic rings. The van der Waals surface area contributed by atoms with Crippen molar-refractivity contribution in [3.8, 4) is 0 Å². The Kier molecular flexibility index (Phi) is 2.27. The number of ether oxygens (including phenoxy) is 1. The van der Waals surface area contributed by atoms with Crippen LogP contribution in [0.2, 0.25) is 0 Å². The smallest absolute Gasteiger partial charge is 0.0917 e. The molecule has 1 nitrogen and oxygen atoms in total. The van der Waals surface area contributed by atoms with Crippen molar-refractivity contribution in [2.24, 2.45) is 17.3 Å².